The average Bonchev–Trinajstić information content (AvgIpc) is 3.09. The van der Waals surface area contributed by atoms with E-state index < -0.39 is 0 Å². The van der Waals surface area contributed by atoms with Gasteiger partial charge >= 0.3 is 0 Å². The van der Waals surface area contributed by atoms with E-state index >= 15 is 0 Å². The van der Waals surface area contributed by atoms with Gasteiger partial charge in [-0.15, -0.1) is 0 Å². The highest BCUT2D eigenvalue weighted by atomic mass is 16.5. The second-order valence-corrected chi connectivity index (χ2v) is 7.20. The van der Waals surface area contributed by atoms with Crippen LogP contribution in [0.25, 0.3) is 11.3 Å². The van der Waals surface area contributed by atoms with Gasteiger partial charge < -0.3 is 9.84 Å². The molecule has 2 aromatic carbocycles. The molecule has 0 saturated heterocycles. The first-order valence-electron chi connectivity index (χ1n) is 9.31. The molecule has 0 saturated carbocycles. The minimum absolute atomic E-state index is 0.0165. The van der Waals surface area contributed by atoms with Crippen LogP contribution in [0, 0.1) is 20.8 Å². The summed E-state index contributed by atoms with van der Waals surface area (Å²) in [7, 11) is 0. The van der Waals surface area contributed by atoms with Crippen molar-refractivity contribution in [1.29, 1.82) is 0 Å². The number of carbonyl (C=O) groups excluding carboxylic acids is 1. The van der Waals surface area contributed by atoms with E-state index in [2.05, 4.69) is 49.4 Å². The third-order valence-corrected chi connectivity index (χ3v) is 4.86. The molecule has 0 aliphatic heterocycles. The molecule has 0 aliphatic rings. The van der Waals surface area contributed by atoms with Gasteiger partial charge in [-0.3, -0.25) is 4.79 Å². The van der Waals surface area contributed by atoms with Gasteiger partial charge in [-0.25, -0.2) is 0 Å². The molecular weight excluding hydrogens is 336 g/mol. The summed E-state index contributed by atoms with van der Waals surface area (Å²) in [6, 6.07) is 14.4. The lowest BCUT2D eigenvalue weighted by Gasteiger charge is -2.17. The van der Waals surface area contributed by atoms with Gasteiger partial charge in [0.15, 0.2) is 0 Å². The van der Waals surface area contributed by atoms with Crippen molar-refractivity contribution in [2.45, 2.75) is 46.6 Å². The van der Waals surface area contributed by atoms with E-state index in [4.69, 9.17) is 4.52 Å². The zero-order chi connectivity index (χ0) is 19.4. The fraction of sp³-hybridized carbons (Fsp3) is 0.304. The molecule has 1 aromatic heterocycles. The molecule has 0 radical (unpaired) electrons. The number of rotatable bonds is 6. The van der Waals surface area contributed by atoms with Crippen LogP contribution in [0.3, 0.4) is 0 Å². The molecule has 1 N–H and O–H groups in total. The molecule has 3 aromatic rings. The molecule has 0 aliphatic carbocycles. The van der Waals surface area contributed by atoms with Crippen LogP contribution in [-0.2, 0) is 11.2 Å². The van der Waals surface area contributed by atoms with E-state index in [0.717, 1.165) is 22.4 Å². The summed E-state index contributed by atoms with van der Waals surface area (Å²) in [6.07, 6.45) is 2.63. The standard InChI is InChI=1S/C23H26N2O2/c1-15-5-8-19(9-6-15)23-20(14-27-25-23)10-12-22(26)24-18(4)21-11-7-16(2)13-17(21)3/h5-9,11,13-14,18H,10,12H2,1-4H3,(H,24,26)/t18-/m0/s1. The van der Waals surface area contributed by atoms with E-state index in [0.29, 0.717) is 12.8 Å². The molecule has 0 fully saturated rings. The number of nitrogens with one attached hydrogen (secondary N) is 1. The Hall–Kier alpha value is -2.88. The highest BCUT2D eigenvalue weighted by molar-refractivity contribution is 5.77. The van der Waals surface area contributed by atoms with Gasteiger partial charge in [-0.2, -0.15) is 0 Å². The molecule has 3 rings (SSSR count). The van der Waals surface area contributed by atoms with Crippen molar-refractivity contribution in [1.82, 2.24) is 10.5 Å². The van der Waals surface area contributed by atoms with Gasteiger partial charge in [-0.05, 0) is 45.2 Å². The van der Waals surface area contributed by atoms with E-state index in [1.54, 1.807) is 6.26 Å². The van der Waals surface area contributed by atoms with Crippen LogP contribution in [0.4, 0.5) is 0 Å². The van der Waals surface area contributed by atoms with E-state index in [1.807, 2.05) is 31.2 Å². The Balaban J connectivity index is 1.61. The number of benzene rings is 2. The smallest absolute Gasteiger partial charge is 0.220 e. The van der Waals surface area contributed by atoms with Crippen molar-refractivity contribution in [2.75, 3.05) is 0 Å². The van der Waals surface area contributed by atoms with Crippen LogP contribution >= 0.6 is 0 Å². The van der Waals surface area contributed by atoms with Crippen LogP contribution in [0.2, 0.25) is 0 Å². The van der Waals surface area contributed by atoms with Crippen molar-refractivity contribution < 1.29 is 9.32 Å². The third kappa shape index (κ3) is 4.64. The Labute approximate surface area is 160 Å². The molecule has 1 atom stereocenters. The van der Waals surface area contributed by atoms with Crippen molar-refractivity contribution >= 4 is 5.91 Å². The quantitative estimate of drug-likeness (QED) is 0.665. The molecule has 0 unspecified atom stereocenters. The third-order valence-electron chi connectivity index (χ3n) is 4.86. The largest absolute Gasteiger partial charge is 0.364 e. The summed E-state index contributed by atoms with van der Waals surface area (Å²) in [5.74, 6) is 0.0264. The lowest BCUT2D eigenvalue weighted by molar-refractivity contribution is -0.121. The first kappa shape index (κ1) is 18.9. The highest BCUT2D eigenvalue weighted by Crippen LogP contribution is 2.24. The summed E-state index contributed by atoms with van der Waals surface area (Å²) < 4.78 is 5.16. The SMILES string of the molecule is Cc1ccc(-c2nocc2CCC(=O)N[C@@H](C)c2ccc(C)cc2C)cc1. The zero-order valence-electron chi connectivity index (χ0n) is 16.4. The van der Waals surface area contributed by atoms with Crippen molar-refractivity contribution in [3.8, 4) is 11.3 Å². The lowest BCUT2D eigenvalue weighted by atomic mass is 10.00. The second-order valence-electron chi connectivity index (χ2n) is 7.20. The van der Waals surface area contributed by atoms with Crippen molar-refractivity contribution in [3.05, 3.63) is 76.5 Å². The highest BCUT2D eigenvalue weighted by Gasteiger charge is 2.15. The van der Waals surface area contributed by atoms with Crippen molar-refractivity contribution in [2.24, 2.45) is 0 Å². The maximum absolute atomic E-state index is 12.4. The molecule has 27 heavy (non-hydrogen) atoms. The van der Waals surface area contributed by atoms with Crippen molar-refractivity contribution in [3.63, 3.8) is 0 Å². The van der Waals surface area contributed by atoms with Crippen LogP contribution in [0.5, 0.6) is 0 Å². The maximum Gasteiger partial charge on any atom is 0.220 e. The Bertz CT molecular complexity index is 926. The molecule has 1 heterocycles. The van der Waals surface area contributed by atoms with Crippen LogP contribution in [0.1, 0.15) is 47.2 Å². The summed E-state index contributed by atoms with van der Waals surface area (Å²) in [5, 5.41) is 7.21. The van der Waals surface area contributed by atoms with Gasteiger partial charge in [0, 0.05) is 17.5 Å². The van der Waals surface area contributed by atoms with E-state index in [9.17, 15) is 4.79 Å². The fourth-order valence-corrected chi connectivity index (χ4v) is 3.34. The van der Waals surface area contributed by atoms with Gasteiger partial charge in [0.2, 0.25) is 5.91 Å². The number of aryl methyl sites for hydroxylation is 4. The molecular formula is C23H26N2O2. The summed E-state index contributed by atoms with van der Waals surface area (Å²) >= 11 is 0. The molecule has 4 heteroatoms. The Kier molecular flexibility index (Phi) is 5.75. The molecule has 0 spiro atoms. The van der Waals surface area contributed by atoms with Crippen LogP contribution in [0.15, 0.2) is 53.3 Å². The lowest BCUT2D eigenvalue weighted by Crippen LogP contribution is -2.27. The van der Waals surface area contributed by atoms with Gasteiger partial charge in [-0.1, -0.05) is 58.7 Å². The summed E-state index contributed by atoms with van der Waals surface area (Å²) in [4.78, 5) is 12.4. The summed E-state index contributed by atoms with van der Waals surface area (Å²) in [5.41, 5.74) is 7.55. The fourth-order valence-electron chi connectivity index (χ4n) is 3.34. The Morgan fingerprint density at radius 3 is 2.48 bits per heavy atom. The van der Waals surface area contributed by atoms with Crippen LogP contribution in [-0.4, -0.2) is 11.1 Å². The number of carbonyl (C=O) groups is 1. The number of aromatic nitrogens is 1. The predicted molar refractivity (Wildman–Crippen MR) is 107 cm³/mol. The minimum atomic E-state index is -0.0165. The first-order valence-corrected chi connectivity index (χ1v) is 9.31. The van der Waals surface area contributed by atoms with Gasteiger partial charge in [0.05, 0.1) is 6.04 Å². The number of hydrogen-bond donors (Lipinski definition) is 1. The zero-order valence-corrected chi connectivity index (χ0v) is 16.4. The normalized spacial score (nSPS) is 12.0. The number of amides is 1. The van der Waals surface area contributed by atoms with Gasteiger partial charge in [0.25, 0.3) is 0 Å². The van der Waals surface area contributed by atoms with E-state index in [-0.39, 0.29) is 11.9 Å². The second kappa shape index (κ2) is 8.21. The first-order chi connectivity index (χ1) is 12.9. The topological polar surface area (TPSA) is 55.1 Å². The molecule has 4 nitrogen and oxygen atoms in total. The Morgan fingerprint density at radius 2 is 1.78 bits per heavy atom. The van der Waals surface area contributed by atoms with Crippen LogP contribution < -0.4 is 5.32 Å². The molecule has 0 bridgehead atoms. The molecule has 140 valence electrons. The number of nitrogens with zero attached hydrogens (tertiary/aromatic N) is 1. The Morgan fingerprint density at radius 1 is 1.07 bits per heavy atom. The predicted octanol–water partition coefficient (Wildman–Crippen LogP) is 5.08. The molecule has 1 amide bonds. The minimum Gasteiger partial charge on any atom is -0.364 e. The van der Waals surface area contributed by atoms with E-state index in [1.165, 1.54) is 16.7 Å². The monoisotopic (exact) mass is 362 g/mol. The number of hydrogen-bond acceptors (Lipinski definition) is 3. The summed E-state index contributed by atoms with van der Waals surface area (Å²) in [6.45, 7) is 8.22. The van der Waals surface area contributed by atoms with Gasteiger partial charge in [0.1, 0.15) is 12.0 Å². The maximum atomic E-state index is 12.4. The average molecular weight is 362 g/mol.